The first-order valence-corrected chi connectivity index (χ1v) is 3.53. The molecule has 1 rings (SSSR count). The number of carbonyl (C=O) groups is 1. The highest BCUT2D eigenvalue weighted by molar-refractivity contribution is 6.67. The monoisotopic (exact) mass is 201 g/mol. The van der Waals surface area contributed by atoms with E-state index in [0.717, 1.165) is 0 Å². The lowest BCUT2D eigenvalue weighted by molar-refractivity contribution is 0.107. The molecule has 5 heteroatoms. The molecule has 1 aromatic carbocycles. The van der Waals surface area contributed by atoms with Gasteiger partial charge in [0.05, 0.1) is 11.1 Å². The van der Waals surface area contributed by atoms with Crippen LogP contribution in [0, 0.1) is 23.0 Å². The van der Waals surface area contributed by atoms with Crippen LogP contribution in [0.3, 0.4) is 0 Å². The Labute approximate surface area is 77.3 Å². The van der Waals surface area contributed by atoms with Crippen molar-refractivity contribution in [1.29, 1.82) is 5.26 Å². The molecule has 0 fully saturated rings. The maximum atomic E-state index is 13.0. The van der Waals surface area contributed by atoms with E-state index in [9.17, 15) is 13.6 Å². The van der Waals surface area contributed by atoms with Gasteiger partial charge in [-0.25, -0.2) is 8.78 Å². The van der Waals surface area contributed by atoms with Gasteiger partial charge in [-0.05, 0) is 23.7 Å². The van der Waals surface area contributed by atoms with Crippen molar-refractivity contribution in [2.45, 2.75) is 0 Å². The molecule has 0 saturated heterocycles. The second-order valence-electron chi connectivity index (χ2n) is 2.20. The Balaban J connectivity index is 3.47. The third-order valence-corrected chi connectivity index (χ3v) is 1.57. The van der Waals surface area contributed by atoms with Crippen molar-refractivity contribution in [2.24, 2.45) is 0 Å². The molecule has 13 heavy (non-hydrogen) atoms. The summed E-state index contributed by atoms with van der Waals surface area (Å²) in [5, 5.41) is 7.21. The lowest BCUT2D eigenvalue weighted by atomic mass is 10.1. The lowest BCUT2D eigenvalue weighted by Crippen LogP contribution is -1.99. The summed E-state index contributed by atoms with van der Waals surface area (Å²) >= 11 is 4.95. The first kappa shape index (κ1) is 9.62. The van der Waals surface area contributed by atoms with Crippen LogP contribution in [-0.4, -0.2) is 5.24 Å². The highest BCUT2D eigenvalue weighted by Gasteiger charge is 2.15. The van der Waals surface area contributed by atoms with Crippen LogP contribution in [0.1, 0.15) is 15.9 Å². The molecule has 0 heterocycles. The van der Waals surface area contributed by atoms with Crippen LogP contribution in [0.2, 0.25) is 0 Å². The summed E-state index contributed by atoms with van der Waals surface area (Å²) in [5.74, 6) is -1.97. The molecule has 0 N–H and O–H groups in total. The van der Waals surface area contributed by atoms with Gasteiger partial charge in [-0.1, -0.05) is 0 Å². The zero-order valence-electron chi connectivity index (χ0n) is 6.14. The molecule has 0 bridgehead atoms. The predicted molar refractivity (Wildman–Crippen MR) is 41.3 cm³/mol. The Morgan fingerprint density at radius 2 is 2.08 bits per heavy atom. The summed E-state index contributed by atoms with van der Waals surface area (Å²) in [5.41, 5.74) is -1.16. The number of hydrogen-bond acceptors (Lipinski definition) is 2. The first-order chi connectivity index (χ1) is 6.06. The molecular weight excluding hydrogens is 200 g/mol. The molecule has 0 aliphatic heterocycles. The van der Waals surface area contributed by atoms with Crippen LogP contribution in [0.25, 0.3) is 0 Å². The Bertz CT molecular complexity index is 411. The number of benzene rings is 1. The van der Waals surface area contributed by atoms with Crippen molar-refractivity contribution in [3.05, 3.63) is 34.9 Å². The fourth-order valence-corrected chi connectivity index (χ4v) is 0.951. The summed E-state index contributed by atoms with van der Waals surface area (Å²) in [6.07, 6.45) is 0. The molecular formula is C8H2ClF2NO. The molecule has 66 valence electrons. The lowest BCUT2D eigenvalue weighted by Gasteiger charge is -1.98. The first-order valence-electron chi connectivity index (χ1n) is 3.15. The van der Waals surface area contributed by atoms with Gasteiger partial charge in [0.2, 0.25) is 0 Å². The van der Waals surface area contributed by atoms with Gasteiger partial charge in [0.1, 0.15) is 11.9 Å². The minimum atomic E-state index is -1.13. The highest BCUT2D eigenvalue weighted by Crippen LogP contribution is 2.16. The van der Waals surface area contributed by atoms with E-state index < -0.39 is 28.0 Å². The molecule has 0 unspecified atom stereocenters. The normalized spacial score (nSPS) is 9.38. The van der Waals surface area contributed by atoms with Crippen LogP contribution in [0.5, 0.6) is 0 Å². The number of nitriles is 1. The van der Waals surface area contributed by atoms with Gasteiger partial charge in [-0.15, -0.1) is 0 Å². The topological polar surface area (TPSA) is 40.9 Å². The van der Waals surface area contributed by atoms with Gasteiger partial charge in [-0.3, -0.25) is 4.79 Å². The SMILES string of the molecule is N#Cc1cc(F)cc(C(=O)Cl)c1F. The van der Waals surface area contributed by atoms with Crippen LogP contribution in [0.15, 0.2) is 12.1 Å². The fraction of sp³-hybridized carbons (Fsp3) is 0. The van der Waals surface area contributed by atoms with Crippen LogP contribution >= 0.6 is 11.6 Å². The Morgan fingerprint density at radius 1 is 1.46 bits per heavy atom. The van der Waals surface area contributed by atoms with Crippen molar-refractivity contribution in [1.82, 2.24) is 0 Å². The van der Waals surface area contributed by atoms with Crippen molar-refractivity contribution < 1.29 is 13.6 Å². The average Bonchev–Trinajstić information content (AvgIpc) is 2.08. The summed E-state index contributed by atoms with van der Waals surface area (Å²) in [4.78, 5) is 10.5. The molecule has 0 aliphatic carbocycles. The van der Waals surface area contributed by atoms with Crippen molar-refractivity contribution in [3.8, 4) is 6.07 Å². The Kier molecular flexibility index (Phi) is 2.59. The van der Waals surface area contributed by atoms with Gasteiger partial charge in [0.25, 0.3) is 5.24 Å². The minimum Gasteiger partial charge on any atom is -0.275 e. The number of rotatable bonds is 1. The fourth-order valence-electron chi connectivity index (χ4n) is 0.814. The zero-order valence-corrected chi connectivity index (χ0v) is 6.90. The van der Waals surface area contributed by atoms with Gasteiger partial charge in [0, 0.05) is 0 Å². The summed E-state index contributed by atoms with van der Waals surface area (Å²) < 4.78 is 25.6. The van der Waals surface area contributed by atoms with Crippen molar-refractivity contribution in [3.63, 3.8) is 0 Å². The minimum absolute atomic E-state index is 0.538. The number of nitrogens with zero attached hydrogens (tertiary/aromatic N) is 1. The zero-order chi connectivity index (χ0) is 10.0. The maximum Gasteiger partial charge on any atom is 0.255 e. The van der Waals surface area contributed by atoms with Crippen molar-refractivity contribution in [2.75, 3.05) is 0 Å². The van der Waals surface area contributed by atoms with Gasteiger partial charge in [0.15, 0.2) is 5.82 Å². The molecule has 0 saturated carbocycles. The Hall–Kier alpha value is -1.47. The molecule has 0 spiro atoms. The largest absolute Gasteiger partial charge is 0.275 e. The molecule has 0 radical (unpaired) electrons. The molecule has 0 atom stereocenters. The average molecular weight is 202 g/mol. The quantitative estimate of drug-likeness (QED) is 0.654. The van der Waals surface area contributed by atoms with E-state index >= 15 is 0 Å². The second kappa shape index (κ2) is 3.50. The molecule has 0 amide bonds. The number of halogens is 3. The molecule has 0 aromatic heterocycles. The summed E-state index contributed by atoms with van der Waals surface area (Å²) in [6, 6.07) is 2.74. The smallest absolute Gasteiger partial charge is 0.255 e. The third kappa shape index (κ3) is 1.82. The summed E-state index contributed by atoms with van der Waals surface area (Å²) in [7, 11) is 0. The molecule has 2 nitrogen and oxygen atoms in total. The molecule has 0 aliphatic rings. The van der Waals surface area contributed by atoms with E-state index in [1.807, 2.05) is 0 Å². The number of hydrogen-bond donors (Lipinski definition) is 0. The van der Waals surface area contributed by atoms with E-state index in [1.54, 1.807) is 0 Å². The van der Waals surface area contributed by atoms with Crippen LogP contribution < -0.4 is 0 Å². The van der Waals surface area contributed by atoms with E-state index in [2.05, 4.69) is 0 Å². The van der Waals surface area contributed by atoms with Gasteiger partial charge in [-0.2, -0.15) is 5.26 Å². The Morgan fingerprint density at radius 3 is 2.54 bits per heavy atom. The van der Waals surface area contributed by atoms with E-state index in [4.69, 9.17) is 16.9 Å². The standard InChI is InChI=1S/C8H2ClF2NO/c9-8(13)6-2-5(10)1-4(3-12)7(6)11/h1-2H. The highest BCUT2D eigenvalue weighted by atomic mass is 35.5. The van der Waals surface area contributed by atoms with E-state index in [1.165, 1.54) is 6.07 Å². The van der Waals surface area contributed by atoms with Crippen LogP contribution in [0.4, 0.5) is 8.78 Å². The van der Waals surface area contributed by atoms with Gasteiger partial charge >= 0.3 is 0 Å². The molecule has 1 aromatic rings. The van der Waals surface area contributed by atoms with Crippen LogP contribution in [-0.2, 0) is 0 Å². The van der Waals surface area contributed by atoms with E-state index in [-0.39, 0.29) is 0 Å². The number of carbonyl (C=O) groups excluding carboxylic acids is 1. The second-order valence-corrected chi connectivity index (χ2v) is 2.54. The van der Waals surface area contributed by atoms with E-state index in [0.29, 0.717) is 12.1 Å². The van der Waals surface area contributed by atoms with Gasteiger partial charge < -0.3 is 0 Å². The third-order valence-electron chi connectivity index (χ3n) is 1.37. The van der Waals surface area contributed by atoms with Crippen molar-refractivity contribution >= 4 is 16.8 Å². The predicted octanol–water partition coefficient (Wildman–Crippen LogP) is 2.22. The maximum absolute atomic E-state index is 13.0. The summed E-state index contributed by atoms with van der Waals surface area (Å²) in [6.45, 7) is 0.